The average Bonchev–Trinajstić information content (AvgIpc) is 2.92. The first-order chi connectivity index (χ1) is 9.91. The molecule has 1 amide bonds. The number of benzene rings is 1. The van der Waals surface area contributed by atoms with Gasteiger partial charge in [0.05, 0.1) is 10.6 Å². The summed E-state index contributed by atoms with van der Waals surface area (Å²) in [5.74, 6) is -0.240. The van der Waals surface area contributed by atoms with Crippen LogP contribution in [0.15, 0.2) is 29.2 Å². The molecule has 2 rings (SSSR count). The van der Waals surface area contributed by atoms with Crippen LogP contribution in [-0.4, -0.2) is 23.9 Å². The lowest BCUT2D eigenvalue weighted by atomic mass is 10.2. The number of aromatic nitrogens is 2. The van der Waals surface area contributed by atoms with Crippen molar-refractivity contribution in [3.63, 3.8) is 0 Å². The summed E-state index contributed by atoms with van der Waals surface area (Å²) in [5.41, 5.74) is 1.43. The molecule has 0 aliphatic rings. The van der Waals surface area contributed by atoms with Crippen molar-refractivity contribution in [3.05, 3.63) is 40.4 Å². The summed E-state index contributed by atoms with van der Waals surface area (Å²) in [4.78, 5) is 12.5. The third kappa shape index (κ3) is 3.99. The van der Waals surface area contributed by atoms with Gasteiger partial charge in [-0.1, -0.05) is 23.5 Å². The van der Waals surface area contributed by atoms with Gasteiger partial charge in [0, 0.05) is 17.2 Å². The lowest BCUT2D eigenvalue weighted by Gasteiger charge is -2.05. The molecule has 112 valence electrons. The number of hydrogen-bond donors (Lipinski definition) is 1. The first kappa shape index (κ1) is 15.9. The minimum atomic E-state index is -3.73. The average molecular weight is 346 g/mol. The smallest absolute Gasteiger partial charge is 0.265 e. The molecule has 21 heavy (non-hydrogen) atoms. The van der Waals surface area contributed by atoms with Gasteiger partial charge in [-0.25, -0.2) is 8.42 Å². The first-order valence-electron chi connectivity index (χ1n) is 6.05. The largest absolute Gasteiger partial charge is 0.347 e. The van der Waals surface area contributed by atoms with Gasteiger partial charge < -0.3 is 5.32 Å². The molecule has 0 saturated carbocycles. The fourth-order valence-electron chi connectivity index (χ4n) is 1.64. The summed E-state index contributed by atoms with van der Waals surface area (Å²) < 4.78 is 26.0. The zero-order valence-electron chi connectivity index (χ0n) is 11.0. The van der Waals surface area contributed by atoms with Gasteiger partial charge in [-0.2, -0.15) is 0 Å². The van der Waals surface area contributed by atoms with Crippen LogP contribution in [0.1, 0.15) is 27.9 Å². The molecule has 1 aromatic heterocycles. The predicted molar refractivity (Wildman–Crippen MR) is 79.9 cm³/mol. The van der Waals surface area contributed by atoms with E-state index in [0.717, 1.165) is 17.1 Å². The van der Waals surface area contributed by atoms with Gasteiger partial charge in [-0.05, 0) is 35.6 Å². The van der Waals surface area contributed by atoms with Crippen LogP contribution < -0.4 is 5.32 Å². The van der Waals surface area contributed by atoms with E-state index >= 15 is 0 Å². The van der Waals surface area contributed by atoms with E-state index in [2.05, 4.69) is 14.9 Å². The SMILES string of the molecule is CCc1nnsc1C(=O)NCc1ccc(S(=O)(=O)Cl)cc1. The zero-order chi connectivity index (χ0) is 15.5. The van der Waals surface area contributed by atoms with Crippen LogP contribution in [0.5, 0.6) is 0 Å². The van der Waals surface area contributed by atoms with E-state index in [-0.39, 0.29) is 17.3 Å². The third-order valence-corrected chi connectivity index (χ3v) is 4.89. The van der Waals surface area contributed by atoms with Crippen LogP contribution in [0, 0.1) is 0 Å². The highest BCUT2D eigenvalue weighted by Crippen LogP contribution is 2.15. The summed E-state index contributed by atoms with van der Waals surface area (Å²) >= 11 is 1.05. The first-order valence-corrected chi connectivity index (χ1v) is 9.13. The topological polar surface area (TPSA) is 89.0 Å². The molecule has 9 heteroatoms. The minimum Gasteiger partial charge on any atom is -0.347 e. The van der Waals surface area contributed by atoms with Crippen molar-refractivity contribution >= 4 is 37.2 Å². The Balaban J connectivity index is 2.02. The third-order valence-electron chi connectivity index (χ3n) is 2.75. The molecule has 0 unspecified atom stereocenters. The Hall–Kier alpha value is -1.51. The van der Waals surface area contributed by atoms with Crippen molar-refractivity contribution in [3.8, 4) is 0 Å². The molecule has 0 fully saturated rings. The van der Waals surface area contributed by atoms with E-state index < -0.39 is 9.05 Å². The van der Waals surface area contributed by atoms with Crippen LogP contribution >= 0.6 is 22.2 Å². The monoisotopic (exact) mass is 345 g/mol. The fourth-order valence-corrected chi connectivity index (χ4v) is 3.08. The van der Waals surface area contributed by atoms with E-state index in [1.165, 1.54) is 12.1 Å². The number of nitrogens with zero attached hydrogens (tertiary/aromatic N) is 2. The Kier molecular flexibility index (Phi) is 4.92. The van der Waals surface area contributed by atoms with Gasteiger partial charge in [0.15, 0.2) is 0 Å². The van der Waals surface area contributed by atoms with Crippen molar-refractivity contribution in [2.45, 2.75) is 24.8 Å². The standard InChI is InChI=1S/C12H12ClN3O3S2/c1-2-10-11(20-16-15-10)12(17)14-7-8-3-5-9(6-4-8)21(13,18)19/h3-6H,2,7H2,1H3,(H,14,17). The Morgan fingerprint density at radius 1 is 1.33 bits per heavy atom. The number of hydrogen-bond acceptors (Lipinski definition) is 6. The number of amides is 1. The molecule has 2 aromatic rings. The Morgan fingerprint density at radius 3 is 2.57 bits per heavy atom. The fraction of sp³-hybridized carbons (Fsp3) is 0.250. The lowest BCUT2D eigenvalue weighted by Crippen LogP contribution is -2.22. The minimum absolute atomic E-state index is 0.0270. The molecule has 0 atom stereocenters. The van der Waals surface area contributed by atoms with E-state index in [1.54, 1.807) is 12.1 Å². The molecule has 0 aliphatic heterocycles. The number of aryl methyl sites for hydroxylation is 1. The highest BCUT2D eigenvalue weighted by Gasteiger charge is 2.14. The van der Waals surface area contributed by atoms with Crippen molar-refractivity contribution in [2.24, 2.45) is 0 Å². The van der Waals surface area contributed by atoms with Gasteiger partial charge in [-0.15, -0.1) is 5.10 Å². The Bertz CT molecular complexity index is 741. The molecule has 0 aliphatic carbocycles. The van der Waals surface area contributed by atoms with Gasteiger partial charge in [-0.3, -0.25) is 4.79 Å². The van der Waals surface area contributed by atoms with Gasteiger partial charge in [0.1, 0.15) is 4.88 Å². The van der Waals surface area contributed by atoms with Crippen LogP contribution in [-0.2, 0) is 22.0 Å². The number of nitrogens with one attached hydrogen (secondary N) is 1. The molecule has 6 nitrogen and oxygen atoms in total. The highest BCUT2D eigenvalue weighted by atomic mass is 35.7. The molecular weight excluding hydrogens is 334 g/mol. The number of halogens is 1. The molecule has 0 saturated heterocycles. The van der Waals surface area contributed by atoms with Crippen molar-refractivity contribution < 1.29 is 13.2 Å². The number of carbonyl (C=O) groups excluding carboxylic acids is 1. The molecule has 1 aromatic carbocycles. The van der Waals surface area contributed by atoms with Crippen molar-refractivity contribution in [1.82, 2.24) is 14.9 Å². The van der Waals surface area contributed by atoms with Crippen LogP contribution in [0.25, 0.3) is 0 Å². The summed E-state index contributed by atoms with van der Waals surface area (Å²) in [6.07, 6.45) is 0.640. The lowest BCUT2D eigenvalue weighted by molar-refractivity contribution is 0.0954. The summed E-state index contributed by atoms with van der Waals surface area (Å²) in [5, 5.41) is 6.62. The summed E-state index contributed by atoms with van der Waals surface area (Å²) in [6.45, 7) is 2.18. The van der Waals surface area contributed by atoms with Crippen LogP contribution in [0.2, 0.25) is 0 Å². The van der Waals surface area contributed by atoms with Crippen LogP contribution in [0.3, 0.4) is 0 Å². The maximum atomic E-state index is 12.0. The van der Waals surface area contributed by atoms with E-state index in [0.29, 0.717) is 17.0 Å². The predicted octanol–water partition coefficient (Wildman–Crippen LogP) is 1.96. The summed E-state index contributed by atoms with van der Waals surface area (Å²) in [7, 11) is 1.50. The van der Waals surface area contributed by atoms with E-state index in [9.17, 15) is 13.2 Å². The molecule has 1 N–H and O–H groups in total. The highest BCUT2D eigenvalue weighted by molar-refractivity contribution is 8.13. The number of carbonyl (C=O) groups is 1. The zero-order valence-corrected chi connectivity index (χ0v) is 13.4. The summed E-state index contributed by atoms with van der Waals surface area (Å²) in [6, 6.07) is 5.99. The normalized spacial score (nSPS) is 11.3. The molecule has 0 bridgehead atoms. The van der Waals surface area contributed by atoms with Gasteiger partial charge in [0.25, 0.3) is 15.0 Å². The van der Waals surface area contributed by atoms with Crippen molar-refractivity contribution in [1.29, 1.82) is 0 Å². The second-order valence-corrected chi connectivity index (χ2v) is 7.49. The molecular formula is C12H12ClN3O3S2. The maximum absolute atomic E-state index is 12.0. The van der Waals surface area contributed by atoms with E-state index in [4.69, 9.17) is 10.7 Å². The van der Waals surface area contributed by atoms with E-state index in [1.807, 2.05) is 6.92 Å². The van der Waals surface area contributed by atoms with Gasteiger partial charge >= 0.3 is 0 Å². The maximum Gasteiger partial charge on any atom is 0.265 e. The van der Waals surface area contributed by atoms with Crippen LogP contribution in [0.4, 0.5) is 0 Å². The van der Waals surface area contributed by atoms with Crippen molar-refractivity contribution in [2.75, 3.05) is 0 Å². The second-order valence-electron chi connectivity index (χ2n) is 4.17. The number of rotatable bonds is 5. The second kappa shape index (κ2) is 6.50. The Labute approximate surface area is 130 Å². The quantitative estimate of drug-likeness (QED) is 0.837. The molecule has 1 heterocycles. The molecule has 0 radical (unpaired) electrons. The molecule has 0 spiro atoms. The Morgan fingerprint density at radius 2 is 2.00 bits per heavy atom. The van der Waals surface area contributed by atoms with Gasteiger partial charge in [0.2, 0.25) is 0 Å².